The SMILES string of the molecule is CCC(CC)[C@@H]1C(=O)N[C@H](C2Cc3ccccc3C2)C(=O)N1Cc1ccccc1NS(=O)(=O)CC. The van der Waals surface area contributed by atoms with Crippen molar-refractivity contribution in [1.29, 1.82) is 0 Å². The lowest BCUT2D eigenvalue weighted by Gasteiger charge is -2.44. The van der Waals surface area contributed by atoms with Crippen LogP contribution in [-0.2, 0) is 39.0 Å². The monoisotopic (exact) mass is 497 g/mol. The number of anilines is 1. The molecule has 188 valence electrons. The van der Waals surface area contributed by atoms with Crippen molar-refractivity contribution in [2.75, 3.05) is 10.5 Å². The molecule has 0 aromatic heterocycles. The van der Waals surface area contributed by atoms with E-state index in [1.165, 1.54) is 11.1 Å². The van der Waals surface area contributed by atoms with Gasteiger partial charge in [-0.05, 0) is 54.4 Å². The molecule has 1 saturated heterocycles. The number of fused-ring (bicyclic) bond motifs is 1. The maximum atomic E-state index is 14.0. The van der Waals surface area contributed by atoms with Crippen LogP contribution in [0.2, 0.25) is 0 Å². The fourth-order valence-electron chi connectivity index (χ4n) is 5.47. The molecule has 1 heterocycles. The minimum absolute atomic E-state index is 0.00263. The molecule has 2 N–H and O–H groups in total. The van der Waals surface area contributed by atoms with Crippen molar-refractivity contribution in [3.05, 3.63) is 65.2 Å². The number of carbonyl (C=O) groups excluding carboxylic acids is 2. The molecule has 8 heteroatoms. The van der Waals surface area contributed by atoms with Gasteiger partial charge < -0.3 is 10.2 Å². The van der Waals surface area contributed by atoms with Crippen molar-refractivity contribution in [3.8, 4) is 0 Å². The lowest BCUT2D eigenvalue weighted by molar-refractivity contribution is -0.154. The minimum Gasteiger partial charge on any atom is -0.342 e. The quantitative estimate of drug-likeness (QED) is 0.554. The number of benzene rings is 2. The van der Waals surface area contributed by atoms with E-state index in [0.717, 1.165) is 25.7 Å². The molecular weight excluding hydrogens is 462 g/mol. The molecule has 2 aliphatic rings. The summed E-state index contributed by atoms with van der Waals surface area (Å²) in [4.78, 5) is 29.2. The zero-order valence-corrected chi connectivity index (χ0v) is 21.5. The first-order valence-electron chi connectivity index (χ1n) is 12.5. The molecule has 1 fully saturated rings. The van der Waals surface area contributed by atoms with Gasteiger partial charge in [-0.2, -0.15) is 0 Å². The number of nitrogens with zero attached hydrogens (tertiary/aromatic N) is 1. The Balaban J connectivity index is 1.66. The van der Waals surface area contributed by atoms with Crippen LogP contribution in [0.3, 0.4) is 0 Å². The third-order valence-corrected chi connectivity index (χ3v) is 8.80. The van der Waals surface area contributed by atoms with E-state index in [9.17, 15) is 18.0 Å². The van der Waals surface area contributed by atoms with E-state index in [4.69, 9.17) is 0 Å². The molecule has 0 spiro atoms. The number of hydrogen-bond donors (Lipinski definition) is 2. The predicted octanol–water partition coefficient (Wildman–Crippen LogP) is 3.50. The topological polar surface area (TPSA) is 95.6 Å². The van der Waals surface area contributed by atoms with Crippen LogP contribution in [0.25, 0.3) is 0 Å². The summed E-state index contributed by atoms with van der Waals surface area (Å²) in [7, 11) is -3.49. The highest BCUT2D eigenvalue weighted by atomic mass is 32.2. The number of piperazine rings is 1. The summed E-state index contributed by atoms with van der Waals surface area (Å²) in [5.41, 5.74) is 3.58. The average molecular weight is 498 g/mol. The maximum absolute atomic E-state index is 14.0. The van der Waals surface area contributed by atoms with Crippen molar-refractivity contribution in [2.24, 2.45) is 11.8 Å². The van der Waals surface area contributed by atoms with Crippen molar-refractivity contribution in [2.45, 2.75) is 65.1 Å². The maximum Gasteiger partial charge on any atom is 0.246 e. The van der Waals surface area contributed by atoms with Crippen LogP contribution in [-0.4, -0.2) is 43.0 Å². The Morgan fingerprint density at radius 3 is 2.17 bits per heavy atom. The molecule has 1 aliphatic heterocycles. The molecule has 0 unspecified atom stereocenters. The van der Waals surface area contributed by atoms with E-state index in [0.29, 0.717) is 11.3 Å². The van der Waals surface area contributed by atoms with Crippen LogP contribution < -0.4 is 10.0 Å². The normalized spacial score (nSPS) is 20.7. The van der Waals surface area contributed by atoms with E-state index < -0.39 is 22.1 Å². The van der Waals surface area contributed by atoms with Crippen LogP contribution in [0.15, 0.2) is 48.5 Å². The van der Waals surface area contributed by atoms with Gasteiger partial charge in [0.25, 0.3) is 0 Å². The second-order valence-electron chi connectivity index (χ2n) is 9.57. The fraction of sp³-hybridized carbons (Fsp3) is 0.481. The number of nitrogens with one attached hydrogen (secondary N) is 2. The highest BCUT2D eigenvalue weighted by Gasteiger charge is 2.47. The Morgan fingerprint density at radius 2 is 1.57 bits per heavy atom. The molecule has 4 rings (SSSR count). The van der Waals surface area contributed by atoms with E-state index >= 15 is 0 Å². The molecule has 35 heavy (non-hydrogen) atoms. The van der Waals surface area contributed by atoms with Gasteiger partial charge in [-0.1, -0.05) is 69.2 Å². The molecule has 7 nitrogen and oxygen atoms in total. The van der Waals surface area contributed by atoms with Crippen LogP contribution in [0, 0.1) is 11.8 Å². The van der Waals surface area contributed by atoms with E-state index in [1.807, 2.05) is 38.1 Å². The third kappa shape index (κ3) is 5.22. The zero-order valence-electron chi connectivity index (χ0n) is 20.7. The van der Waals surface area contributed by atoms with E-state index in [-0.39, 0.29) is 35.9 Å². The van der Waals surface area contributed by atoms with Gasteiger partial charge >= 0.3 is 0 Å². The van der Waals surface area contributed by atoms with Gasteiger partial charge in [-0.3, -0.25) is 14.3 Å². The van der Waals surface area contributed by atoms with Crippen molar-refractivity contribution < 1.29 is 18.0 Å². The van der Waals surface area contributed by atoms with Crippen LogP contribution in [0.1, 0.15) is 50.3 Å². The van der Waals surface area contributed by atoms with Gasteiger partial charge in [0.2, 0.25) is 21.8 Å². The number of carbonyl (C=O) groups is 2. The highest BCUT2D eigenvalue weighted by Crippen LogP contribution is 2.34. The van der Waals surface area contributed by atoms with Gasteiger partial charge in [-0.15, -0.1) is 0 Å². The summed E-state index contributed by atoms with van der Waals surface area (Å²) >= 11 is 0. The molecule has 2 aromatic rings. The first-order valence-corrected chi connectivity index (χ1v) is 14.2. The van der Waals surface area contributed by atoms with E-state index in [2.05, 4.69) is 22.2 Å². The average Bonchev–Trinajstić information content (AvgIpc) is 3.28. The predicted molar refractivity (Wildman–Crippen MR) is 137 cm³/mol. The molecular formula is C27H35N3O4S. The van der Waals surface area contributed by atoms with Gasteiger partial charge in [0.1, 0.15) is 12.1 Å². The molecule has 2 aromatic carbocycles. The number of sulfonamides is 1. The summed E-state index contributed by atoms with van der Waals surface area (Å²) in [6, 6.07) is 14.1. The largest absolute Gasteiger partial charge is 0.342 e. The summed E-state index contributed by atoms with van der Waals surface area (Å²) in [6.45, 7) is 5.82. The lowest BCUT2D eigenvalue weighted by atomic mass is 9.86. The Kier molecular flexibility index (Phi) is 7.50. The van der Waals surface area contributed by atoms with Gasteiger partial charge in [0.15, 0.2) is 0 Å². The Labute approximate surface area is 208 Å². The van der Waals surface area contributed by atoms with Gasteiger partial charge in [0.05, 0.1) is 11.4 Å². The summed E-state index contributed by atoms with van der Waals surface area (Å²) in [6.07, 6.45) is 3.04. The fourth-order valence-corrected chi connectivity index (χ4v) is 6.15. The molecule has 2 atom stereocenters. The minimum atomic E-state index is -3.49. The van der Waals surface area contributed by atoms with Gasteiger partial charge in [0, 0.05) is 6.54 Å². The molecule has 2 amide bonds. The number of amides is 2. The first kappa shape index (κ1) is 25.2. The molecule has 0 radical (unpaired) electrons. The second kappa shape index (κ2) is 10.4. The smallest absolute Gasteiger partial charge is 0.246 e. The standard InChI is InChI=1S/C27H35N3O4S/c1-4-18(5-2)25-26(31)28-24(22-15-19-11-7-8-12-20(19)16-22)27(32)30(25)17-21-13-9-10-14-23(21)29-35(33,34)6-3/h7-14,18,22,24-25,29H,4-6,15-17H2,1-3H3,(H,28,31)/t24-,25-/m1/s1. The molecule has 0 bridgehead atoms. The van der Waals surface area contributed by atoms with Crippen molar-refractivity contribution in [1.82, 2.24) is 10.2 Å². The Bertz CT molecular complexity index is 1170. The Morgan fingerprint density at radius 1 is 0.971 bits per heavy atom. The number of para-hydroxylation sites is 1. The Hall–Kier alpha value is -2.87. The van der Waals surface area contributed by atoms with Crippen molar-refractivity contribution in [3.63, 3.8) is 0 Å². The molecule has 1 aliphatic carbocycles. The lowest BCUT2D eigenvalue weighted by Crippen LogP contribution is -2.66. The second-order valence-corrected chi connectivity index (χ2v) is 11.6. The number of rotatable bonds is 9. The van der Waals surface area contributed by atoms with Crippen LogP contribution >= 0.6 is 0 Å². The number of hydrogen-bond acceptors (Lipinski definition) is 4. The third-order valence-electron chi connectivity index (χ3n) is 7.50. The first-order chi connectivity index (χ1) is 16.8. The summed E-state index contributed by atoms with van der Waals surface area (Å²) in [5.74, 6) is -0.242. The van der Waals surface area contributed by atoms with Crippen LogP contribution in [0.5, 0.6) is 0 Å². The van der Waals surface area contributed by atoms with Crippen LogP contribution in [0.4, 0.5) is 5.69 Å². The summed E-state index contributed by atoms with van der Waals surface area (Å²) in [5, 5.41) is 3.08. The molecule has 0 saturated carbocycles. The van der Waals surface area contributed by atoms with E-state index in [1.54, 1.807) is 24.0 Å². The zero-order chi connectivity index (χ0) is 25.2. The van der Waals surface area contributed by atoms with Gasteiger partial charge in [-0.25, -0.2) is 8.42 Å². The highest BCUT2D eigenvalue weighted by molar-refractivity contribution is 7.92. The van der Waals surface area contributed by atoms with Crippen molar-refractivity contribution >= 4 is 27.5 Å². The summed E-state index contributed by atoms with van der Waals surface area (Å²) < 4.78 is 27.2.